The van der Waals surface area contributed by atoms with Gasteiger partial charge in [0.15, 0.2) is 0 Å². The predicted octanol–water partition coefficient (Wildman–Crippen LogP) is 3.01. The van der Waals surface area contributed by atoms with Gasteiger partial charge in [-0.2, -0.15) is 0 Å². The van der Waals surface area contributed by atoms with Crippen LogP contribution in [-0.2, 0) is 0 Å². The third-order valence-electron chi connectivity index (χ3n) is 1.74. The first kappa shape index (κ1) is 9.61. The number of nitrogens with one attached hydrogen (secondary N) is 1. The van der Waals surface area contributed by atoms with Gasteiger partial charge < -0.3 is 5.32 Å². The Bertz CT molecular complexity index is 441. The third-order valence-corrected chi connectivity index (χ3v) is 3.60. The highest BCUT2D eigenvalue weighted by Gasteiger charge is 2.06. The predicted molar refractivity (Wildman–Crippen MR) is 62.6 cm³/mol. The molecular weight excluding hydrogens is 262 g/mol. The van der Waals surface area contributed by atoms with Crippen LogP contribution in [0.3, 0.4) is 0 Å². The Morgan fingerprint density at radius 2 is 2.29 bits per heavy atom. The summed E-state index contributed by atoms with van der Waals surface area (Å²) in [4.78, 5) is 9.62. The summed E-state index contributed by atoms with van der Waals surface area (Å²) in [5.74, 6) is 0.780. The standard InChI is InChI=1S/C9H8BrN3S/c1-11-8-5-12-4-7(13-8)9-6(10)2-3-14-9/h2-5H,1H3,(H,11,13). The fourth-order valence-electron chi connectivity index (χ4n) is 1.07. The van der Waals surface area contributed by atoms with Crippen molar-refractivity contribution in [3.63, 3.8) is 0 Å². The molecule has 0 saturated carbocycles. The van der Waals surface area contributed by atoms with Gasteiger partial charge in [0.2, 0.25) is 0 Å². The molecule has 0 spiro atoms. The van der Waals surface area contributed by atoms with Crippen molar-refractivity contribution < 1.29 is 0 Å². The number of rotatable bonds is 2. The zero-order valence-electron chi connectivity index (χ0n) is 7.49. The van der Waals surface area contributed by atoms with E-state index in [2.05, 4.69) is 31.2 Å². The van der Waals surface area contributed by atoms with Gasteiger partial charge in [-0.1, -0.05) is 0 Å². The maximum Gasteiger partial charge on any atom is 0.145 e. The van der Waals surface area contributed by atoms with Crippen molar-refractivity contribution in [3.05, 3.63) is 28.3 Å². The Morgan fingerprint density at radius 1 is 1.43 bits per heavy atom. The van der Waals surface area contributed by atoms with Crippen molar-refractivity contribution in [1.29, 1.82) is 0 Å². The maximum atomic E-state index is 4.40. The van der Waals surface area contributed by atoms with Crippen LogP contribution in [0.2, 0.25) is 0 Å². The molecule has 2 rings (SSSR count). The highest BCUT2D eigenvalue weighted by molar-refractivity contribution is 9.10. The number of thiophene rings is 1. The number of nitrogens with zero attached hydrogens (tertiary/aromatic N) is 2. The molecule has 0 amide bonds. The van der Waals surface area contributed by atoms with E-state index in [4.69, 9.17) is 0 Å². The summed E-state index contributed by atoms with van der Waals surface area (Å²) >= 11 is 5.12. The second kappa shape index (κ2) is 4.06. The first-order chi connectivity index (χ1) is 6.81. The second-order valence-corrected chi connectivity index (χ2v) is 4.41. The average molecular weight is 270 g/mol. The van der Waals surface area contributed by atoms with E-state index in [-0.39, 0.29) is 0 Å². The summed E-state index contributed by atoms with van der Waals surface area (Å²) < 4.78 is 1.06. The van der Waals surface area contributed by atoms with Gasteiger partial charge in [0.1, 0.15) is 11.5 Å². The molecule has 0 radical (unpaired) electrons. The van der Waals surface area contributed by atoms with E-state index in [1.54, 1.807) is 23.7 Å². The quantitative estimate of drug-likeness (QED) is 0.911. The van der Waals surface area contributed by atoms with Crippen molar-refractivity contribution in [2.24, 2.45) is 0 Å². The van der Waals surface area contributed by atoms with Crippen LogP contribution in [0, 0.1) is 0 Å². The number of hydrogen-bond acceptors (Lipinski definition) is 4. The molecule has 0 aromatic carbocycles. The molecule has 2 heterocycles. The van der Waals surface area contributed by atoms with E-state index in [1.807, 2.05) is 18.5 Å². The number of halogens is 1. The van der Waals surface area contributed by atoms with Crippen LogP contribution in [0.4, 0.5) is 5.82 Å². The van der Waals surface area contributed by atoms with Crippen molar-refractivity contribution >= 4 is 33.1 Å². The molecule has 0 bridgehead atoms. The summed E-state index contributed by atoms with van der Waals surface area (Å²) in [6, 6.07) is 2.01. The Balaban J connectivity index is 2.47. The summed E-state index contributed by atoms with van der Waals surface area (Å²) in [7, 11) is 1.83. The topological polar surface area (TPSA) is 37.8 Å². The van der Waals surface area contributed by atoms with E-state index in [9.17, 15) is 0 Å². The van der Waals surface area contributed by atoms with Gasteiger partial charge in [0.25, 0.3) is 0 Å². The molecule has 2 aromatic heterocycles. The maximum absolute atomic E-state index is 4.40. The molecule has 0 atom stereocenters. The van der Waals surface area contributed by atoms with E-state index < -0.39 is 0 Å². The zero-order valence-corrected chi connectivity index (χ0v) is 9.89. The Hall–Kier alpha value is -0.940. The van der Waals surface area contributed by atoms with Crippen molar-refractivity contribution in [2.75, 3.05) is 12.4 Å². The lowest BCUT2D eigenvalue weighted by molar-refractivity contribution is 1.20. The molecule has 0 aliphatic carbocycles. The molecule has 1 N–H and O–H groups in total. The molecule has 5 heteroatoms. The minimum absolute atomic E-state index is 0.780. The van der Waals surface area contributed by atoms with Gasteiger partial charge in [-0.15, -0.1) is 11.3 Å². The average Bonchev–Trinajstić information content (AvgIpc) is 2.65. The highest BCUT2D eigenvalue weighted by atomic mass is 79.9. The Morgan fingerprint density at radius 3 is 2.93 bits per heavy atom. The smallest absolute Gasteiger partial charge is 0.145 e. The normalized spacial score (nSPS) is 10.1. The lowest BCUT2D eigenvalue weighted by Gasteiger charge is -2.01. The summed E-state index contributed by atoms with van der Waals surface area (Å²) in [6.07, 6.45) is 3.46. The lowest BCUT2D eigenvalue weighted by Crippen LogP contribution is -1.94. The van der Waals surface area contributed by atoms with E-state index >= 15 is 0 Å². The number of hydrogen-bond donors (Lipinski definition) is 1. The van der Waals surface area contributed by atoms with Gasteiger partial charge in [-0.3, -0.25) is 4.98 Å². The summed E-state index contributed by atoms with van der Waals surface area (Å²) in [5, 5.41) is 4.99. The SMILES string of the molecule is CNc1cncc(-c2sccc2Br)n1. The van der Waals surface area contributed by atoms with Crippen molar-refractivity contribution in [2.45, 2.75) is 0 Å². The van der Waals surface area contributed by atoms with Crippen LogP contribution in [-0.4, -0.2) is 17.0 Å². The van der Waals surface area contributed by atoms with Crippen LogP contribution in [0.5, 0.6) is 0 Å². The molecule has 3 nitrogen and oxygen atoms in total. The Kier molecular flexibility index (Phi) is 2.79. The van der Waals surface area contributed by atoms with E-state index in [0.29, 0.717) is 0 Å². The monoisotopic (exact) mass is 269 g/mol. The minimum Gasteiger partial charge on any atom is -0.372 e. The van der Waals surface area contributed by atoms with Gasteiger partial charge >= 0.3 is 0 Å². The summed E-state index contributed by atoms with van der Waals surface area (Å²) in [5.41, 5.74) is 0.888. The second-order valence-electron chi connectivity index (χ2n) is 2.64. The lowest BCUT2D eigenvalue weighted by atomic mass is 10.3. The molecule has 14 heavy (non-hydrogen) atoms. The van der Waals surface area contributed by atoms with Crippen LogP contribution in [0.1, 0.15) is 0 Å². The molecule has 0 unspecified atom stereocenters. The van der Waals surface area contributed by atoms with Crippen LogP contribution < -0.4 is 5.32 Å². The fourth-order valence-corrected chi connectivity index (χ4v) is 2.60. The summed E-state index contributed by atoms with van der Waals surface area (Å²) in [6.45, 7) is 0. The van der Waals surface area contributed by atoms with Crippen molar-refractivity contribution in [1.82, 2.24) is 9.97 Å². The molecule has 0 aliphatic heterocycles. The molecular formula is C9H8BrN3S. The molecule has 0 saturated heterocycles. The van der Waals surface area contributed by atoms with Gasteiger partial charge in [0, 0.05) is 11.5 Å². The first-order valence-corrected chi connectivity index (χ1v) is 5.71. The van der Waals surface area contributed by atoms with Gasteiger partial charge in [-0.05, 0) is 27.4 Å². The zero-order chi connectivity index (χ0) is 9.97. The minimum atomic E-state index is 0.780. The van der Waals surface area contributed by atoms with Crippen LogP contribution in [0.15, 0.2) is 28.3 Å². The molecule has 2 aromatic rings. The van der Waals surface area contributed by atoms with E-state index in [1.165, 1.54) is 0 Å². The highest BCUT2D eigenvalue weighted by Crippen LogP contribution is 2.32. The first-order valence-electron chi connectivity index (χ1n) is 4.04. The third kappa shape index (κ3) is 1.78. The van der Waals surface area contributed by atoms with Crippen LogP contribution >= 0.6 is 27.3 Å². The molecule has 0 aliphatic rings. The molecule has 0 fully saturated rings. The number of anilines is 1. The number of aromatic nitrogens is 2. The fraction of sp³-hybridized carbons (Fsp3) is 0.111. The van der Waals surface area contributed by atoms with Gasteiger partial charge in [0.05, 0.1) is 17.3 Å². The Labute approximate surface area is 94.4 Å². The van der Waals surface area contributed by atoms with Crippen LogP contribution in [0.25, 0.3) is 10.6 Å². The molecule has 72 valence electrons. The van der Waals surface area contributed by atoms with Crippen molar-refractivity contribution in [3.8, 4) is 10.6 Å². The van der Waals surface area contributed by atoms with Gasteiger partial charge in [-0.25, -0.2) is 4.98 Å². The largest absolute Gasteiger partial charge is 0.372 e. The van der Waals surface area contributed by atoms with E-state index in [0.717, 1.165) is 20.9 Å².